The van der Waals surface area contributed by atoms with Gasteiger partial charge in [0, 0.05) is 24.1 Å². The average molecular weight is 166 g/mol. The zero-order chi connectivity index (χ0) is 9.10. The molecule has 1 aromatic heterocycles. The predicted molar refractivity (Wildman–Crippen MR) is 54.0 cm³/mol. The lowest BCUT2D eigenvalue weighted by Gasteiger charge is -1.95. The number of benzene rings is 1. The maximum atomic E-state index is 4.22. The lowest BCUT2D eigenvalue weighted by molar-refractivity contribution is 1.41. The van der Waals surface area contributed by atoms with Gasteiger partial charge in [-0.3, -0.25) is 4.98 Å². The van der Waals surface area contributed by atoms with Gasteiger partial charge in [-0.05, 0) is 24.3 Å². The van der Waals surface area contributed by atoms with Crippen LogP contribution in [-0.2, 0) is 0 Å². The van der Waals surface area contributed by atoms with Gasteiger partial charge in [0.15, 0.2) is 0 Å². The van der Waals surface area contributed by atoms with Crippen molar-refractivity contribution in [2.75, 3.05) is 0 Å². The van der Waals surface area contributed by atoms with Crippen molar-refractivity contribution in [1.82, 2.24) is 4.98 Å². The molecule has 61 valence electrons. The zero-order valence-corrected chi connectivity index (χ0v) is 7.12. The van der Waals surface area contributed by atoms with Crippen LogP contribution in [-0.4, -0.2) is 4.98 Å². The molecular formula is C12H8N. The summed E-state index contributed by atoms with van der Waals surface area (Å²) in [5.74, 6) is 5.54. The summed E-state index contributed by atoms with van der Waals surface area (Å²) in [6.07, 6.45) is 1.79. The average Bonchev–Trinajstić information content (AvgIpc) is 2.18. The van der Waals surface area contributed by atoms with Gasteiger partial charge < -0.3 is 0 Å². The fourth-order valence-electron chi connectivity index (χ4n) is 1.26. The molecule has 0 N–H and O–H groups in total. The second-order valence-corrected chi connectivity index (χ2v) is 2.71. The molecule has 0 aliphatic heterocycles. The minimum atomic E-state index is 0.982. The Labute approximate surface area is 77.4 Å². The monoisotopic (exact) mass is 166 g/mol. The lowest BCUT2D eigenvalue weighted by Crippen LogP contribution is -1.79. The van der Waals surface area contributed by atoms with E-state index in [-0.39, 0.29) is 0 Å². The van der Waals surface area contributed by atoms with Crippen molar-refractivity contribution >= 4 is 10.9 Å². The van der Waals surface area contributed by atoms with Crippen LogP contribution in [0.5, 0.6) is 0 Å². The maximum Gasteiger partial charge on any atom is 0.0702 e. The molecule has 0 aliphatic rings. The molecular weight excluding hydrogens is 158 g/mol. The summed E-state index contributed by atoms with van der Waals surface area (Å²) in [5.41, 5.74) is 1.98. The highest BCUT2D eigenvalue weighted by molar-refractivity contribution is 5.79. The molecule has 0 amide bonds. The van der Waals surface area contributed by atoms with Crippen molar-refractivity contribution < 1.29 is 0 Å². The van der Waals surface area contributed by atoms with Gasteiger partial charge in [-0.1, -0.05) is 17.9 Å². The molecule has 0 saturated carbocycles. The second-order valence-electron chi connectivity index (χ2n) is 2.71. The van der Waals surface area contributed by atoms with Crippen LogP contribution in [0.3, 0.4) is 0 Å². The summed E-state index contributed by atoms with van der Waals surface area (Å²) >= 11 is 0. The van der Waals surface area contributed by atoms with E-state index in [0.29, 0.717) is 0 Å². The topological polar surface area (TPSA) is 12.9 Å². The van der Waals surface area contributed by atoms with E-state index in [1.807, 2.05) is 30.3 Å². The normalized spacial score (nSPS) is 9.31. The molecule has 0 unspecified atom stereocenters. The van der Waals surface area contributed by atoms with Crippen LogP contribution in [0, 0.1) is 18.8 Å². The highest BCUT2D eigenvalue weighted by Crippen LogP contribution is 2.12. The van der Waals surface area contributed by atoms with E-state index >= 15 is 0 Å². The van der Waals surface area contributed by atoms with E-state index in [0.717, 1.165) is 16.5 Å². The van der Waals surface area contributed by atoms with Crippen molar-refractivity contribution in [3.63, 3.8) is 0 Å². The van der Waals surface area contributed by atoms with Gasteiger partial charge in [-0.25, -0.2) is 0 Å². The molecule has 0 bridgehead atoms. The summed E-state index contributed by atoms with van der Waals surface area (Å²) in [5, 5.41) is 1.11. The first-order valence-corrected chi connectivity index (χ1v) is 4.03. The molecule has 1 radical (unpaired) electrons. The largest absolute Gasteiger partial charge is 0.256 e. The minimum Gasteiger partial charge on any atom is -0.256 e. The van der Waals surface area contributed by atoms with Gasteiger partial charge in [0.25, 0.3) is 0 Å². The molecule has 1 aromatic carbocycles. The molecule has 0 aliphatic carbocycles. The SMILES string of the molecule is [CH2]C#Cc1ccc2ncccc2c1. The van der Waals surface area contributed by atoms with Gasteiger partial charge in [0.05, 0.1) is 5.52 Å². The van der Waals surface area contributed by atoms with Crippen LogP contribution in [0.2, 0.25) is 0 Å². The number of hydrogen-bond donors (Lipinski definition) is 0. The summed E-state index contributed by atoms with van der Waals surface area (Å²) in [4.78, 5) is 4.22. The van der Waals surface area contributed by atoms with E-state index in [1.165, 1.54) is 0 Å². The van der Waals surface area contributed by atoms with E-state index in [1.54, 1.807) is 6.20 Å². The third-order valence-corrected chi connectivity index (χ3v) is 1.84. The number of hydrogen-bond acceptors (Lipinski definition) is 1. The first kappa shape index (κ1) is 7.82. The molecule has 2 rings (SSSR count). The lowest BCUT2D eigenvalue weighted by atomic mass is 10.1. The third-order valence-electron chi connectivity index (χ3n) is 1.84. The van der Waals surface area contributed by atoms with E-state index < -0.39 is 0 Å². The molecule has 0 spiro atoms. The standard InChI is InChI=1S/C12H8N/c1-2-4-10-6-7-12-11(9-10)5-3-8-13-12/h3,5-9H,1H2. The van der Waals surface area contributed by atoms with Gasteiger partial charge in [0.2, 0.25) is 0 Å². The third kappa shape index (κ3) is 1.52. The highest BCUT2D eigenvalue weighted by Gasteiger charge is 1.92. The van der Waals surface area contributed by atoms with Crippen molar-refractivity contribution in [3.05, 3.63) is 49.0 Å². The molecule has 0 fully saturated rings. The van der Waals surface area contributed by atoms with Gasteiger partial charge in [-0.15, -0.1) is 0 Å². The van der Waals surface area contributed by atoms with Crippen molar-refractivity contribution in [1.29, 1.82) is 0 Å². The van der Waals surface area contributed by atoms with Gasteiger partial charge in [0.1, 0.15) is 0 Å². The summed E-state index contributed by atoms with van der Waals surface area (Å²) in [6.45, 7) is 3.48. The van der Waals surface area contributed by atoms with Crippen LogP contribution in [0.15, 0.2) is 36.5 Å². The van der Waals surface area contributed by atoms with Crippen LogP contribution in [0.1, 0.15) is 5.56 Å². The molecule has 1 nitrogen and oxygen atoms in total. The van der Waals surface area contributed by atoms with Gasteiger partial charge >= 0.3 is 0 Å². The Balaban J connectivity index is 2.66. The Morgan fingerprint density at radius 3 is 3.00 bits per heavy atom. The van der Waals surface area contributed by atoms with Crippen molar-refractivity contribution in [2.45, 2.75) is 0 Å². The number of aromatic nitrogens is 1. The molecule has 13 heavy (non-hydrogen) atoms. The number of fused-ring (bicyclic) bond motifs is 1. The minimum absolute atomic E-state index is 0.982. The van der Waals surface area contributed by atoms with Gasteiger partial charge in [-0.2, -0.15) is 0 Å². The first-order chi connectivity index (χ1) is 6.40. The van der Waals surface area contributed by atoms with Crippen LogP contribution >= 0.6 is 0 Å². The van der Waals surface area contributed by atoms with E-state index in [2.05, 4.69) is 23.7 Å². The summed E-state index contributed by atoms with van der Waals surface area (Å²) < 4.78 is 0. The fourth-order valence-corrected chi connectivity index (χ4v) is 1.26. The zero-order valence-electron chi connectivity index (χ0n) is 7.12. The predicted octanol–water partition coefficient (Wildman–Crippen LogP) is 2.42. The summed E-state index contributed by atoms with van der Waals surface area (Å²) in [7, 11) is 0. The maximum absolute atomic E-state index is 4.22. The smallest absolute Gasteiger partial charge is 0.0702 e. The Kier molecular flexibility index (Phi) is 1.97. The quantitative estimate of drug-likeness (QED) is 0.548. The number of rotatable bonds is 0. The van der Waals surface area contributed by atoms with E-state index in [4.69, 9.17) is 0 Å². The van der Waals surface area contributed by atoms with Crippen LogP contribution < -0.4 is 0 Å². The van der Waals surface area contributed by atoms with Crippen molar-refractivity contribution in [3.8, 4) is 11.8 Å². The fraction of sp³-hybridized carbons (Fsp3) is 0. The summed E-state index contributed by atoms with van der Waals surface area (Å²) in [6, 6.07) is 9.88. The molecule has 1 heterocycles. The number of nitrogens with zero attached hydrogens (tertiary/aromatic N) is 1. The Bertz CT molecular complexity index is 489. The molecule has 0 atom stereocenters. The van der Waals surface area contributed by atoms with Crippen LogP contribution in [0.4, 0.5) is 0 Å². The Hall–Kier alpha value is -1.81. The highest BCUT2D eigenvalue weighted by atomic mass is 14.6. The van der Waals surface area contributed by atoms with E-state index in [9.17, 15) is 0 Å². The molecule has 1 heteroatoms. The molecule has 0 saturated heterocycles. The Morgan fingerprint density at radius 2 is 2.15 bits per heavy atom. The Morgan fingerprint density at radius 1 is 1.23 bits per heavy atom. The van der Waals surface area contributed by atoms with Crippen molar-refractivity contribution in [2.24, 2.45) is 0 Å². The first-order valence-electron chi connectivity index (χ1n) is 4.03. The second kappa shape index (κ2) is 3.28. The van der Waals surface area contributed by atoms with Crippen LogP contribution in [0.25, 0.3) is 10.9 Å². The molecule has 2 aromatic rings. The number of pyridine rings is 1.